The van der Waals surface area contributed by atoms with E-state index in [-0.39, 0.29) is 23.3 Å². The maximum Gasteiger partial charge on any atom is 0.293 e. The highest BCUT2D eigenvalue weighted by molar-refractivity contribution is 7.90. The average Bonchev–Trinajstić information content (AvgIpc) is 4.04. The highest BCUT2D eigenvalue weighted by atomic mass is 35.5. The number of amides is 1. The van der Waals surface area contributed by atoms with Crippen LogP contribution in [0.4, 0.5) is 28.4 Å². The molecule has 10 rings (SSSR count). The molecule has 0 bridgehead atoms. The highest BCUT2D eigenvalue weighted by Crippen LogP contribution is 2.44. The Morgan fingerprint density at radius 1 is 0.878 bits per heavy atom. The summed E-state index contributed by atoms with van der Waals surface area (Å²) in [6.45, 7) is 7.21. The lowest BCUT2D eigenvalue weighted by atomic mass is 9.72. The molecule has 3 aromatic carbocycles. The Kier molecular flexibility index (Phi) is 17.8. The van der Waals surface area contributed by atoms with Gasteiger partial charge in [-0.05, 0) is 96.8 Å². The zero-order valence-electron chi connectivity index (χ0n) is 45.2. The number of hydrogen-bond donors (Lipinski definition) is 10. The molecular weight excluding hydrogens is 1110 g/mol. The topological polar surface area (TPSA) is 335 Å². The van der Waals surface area contributed by atoms with Gasteiger partial charge >= 0.3 is 0 Å². The fraction of sp³-hybridized carbons (Fsp3) is 0.500. The van der Waals surface area contributed by atoms with Crippen LogP contribution in [0.15, 0.2) is 89.5 Å². The molecule has 5 aromatic rings. The van der Waals surface area contributed by atoms with E-state index in [0.29, 0.717) is 60.6 Å². The number of ether oxygens (including phenoxy) is 4. The van der Waals surface area contributed by atoms with E-state index in [0.717, 1.165) is 68.2 Å². The van der Waals surface area contributed by atoms with E-state index in [1.807, 2.05) is 35.2 Å². The lowest BCUT2D eigenvalue weighted by molar-refractivity contribution is -0.384. The van der Waals surface area contributed by atoms with E-state index in [1.54, 1.807) is 18.3 Å². The van der Waals surface area contributed by atoms with Gasteiger partial charge in [-0.15, -0.1) is 0 Å². The van der Waals surface area contributed by atoms with E-state index in [9.17, 15) is 59.1 Å². The number of aliphatic hydroxyl groups is 7. The first-order chi connectivity index (χ1) is 39.2. The Bertz CT molecular complexity index is 3270. The van der Waals surface area contributed by atoms with Crippen LogP contribution in [0.3, 0.4) is 0 Å². The fourth-order valence-corrected chi connectivity index (χ4v) is 12.6. The lowest BCUT2D eigenvalue weighted by Crippen LogP contribution is -2.60. The van der Waals surface area contributed by atoms with Crippen LogP contribution < -0.4 is 24.6 Å². The standard InChI is InChI=1S/C56H69ClN8O16S/c1-56(2)14-12-33(38(25-56)31-4-6-34(57)7-5-31)27-62-17-19-63(20-18-62)35-8-10-37(41(23-35)64-16-3-21-79-54-43(64)22-32-13-15-58-52(32)60-54)53(72)61-82(76,77)36-9-11-40(42(24-36)65(74)75)59-26-44-48(68)50(70)49(69)46(80-44)30-78-29-39-45(28-66)81-55(73)51(71)47(39)67/h4-11,13,15,22-24,39,44-51,55,59,66-71,73H,3,12,14,16-21,25-30H2,1-2H3,(H,58,60)(H,61,72). The predicted octanol–water partition coefficient (Wildman–Crippen LogP) is 3.28. The van der Waals surface area contributed by atoms with E-state index < -0.39 is 112 Å². The van der Waals surface area contributed by atoms with Crippen LogP contribution in [-0.2, 0) is 24.2 Å². The molecule has 0 spiro atoms. The van der Waals surface area contributed by atoms with Crippen LogP contribution in [0.25, 0.3) is 16.6 Å². The van der Waals surface area contributed by atoms with Crippen molar-refractivity contribution < 1.29 is 72.8 Å². The van der Waals surface area contributed by atoms with Gasteiger partial charge < -0.3 is 74.8 Å². The number of benzene rings is 3. The molecular formula is C56H69ClN8O16S. The van der Waals surface area contributed by atoms with Crippen molar-refractivity contribution in [3.8, 4) is 5.88 Å². The first-order valence-electron chi connectivity index (χ1n) is 27.3. The number of aliphatic hydroxyl groups excluding tert-OH is 7. The van der Waals surface area contributed by atoms with Gasteiger partial charge in [-0.1, -0.05) is 43.2 Å². The van der Waals surface area contributed by atoms with Gasteiger partial charge in [-0.25, -0.2) is 13.1 Å². The third-order valence-electron chi connectivity index (χ3n) is 16.2. The highest BCUT2D eigenvalue weighted by Gasteiger charge is 2.46. The Morgan fingerprint density at radius 2 is 1.63 bits per heavy atom. The zero-order valence-corrected chi connectivity index (χ0v) is 46.8. The molecule has 82 heavy (non-hydrogen) atoms. The number of fused-ring (bicyclic) bond motifs is 2. The van der Waals surface area contributed by atoms with Crippen molar-refractivity contribution in [1.82, 2.24) is 19.6 Å². The molecule has 26 heteroatoms. The smallest absolute Gasteiger partial charge is 0.293 e. The number of halogens is 1. The second-order valence-corrected chi connectivity index (χ2v) is 24.5. The second-order valence-electron chi connectivity index (χ2n) is 22.3. The van der Waals surface area contributed by atoms with Gasteiger partial charge in [-0.3, -0.25) is 19.8 Å². The summed E-state index contributed by atoms with van der Waals surface area (Å²) < 4.78 is 53.3. The number of pyridine rings is 1. The van der Waals surface area contributed by atoms with Crippen LogP contribution >= 0.6 is 11.6 Å². The zero-order chi connectivity index (χ0) is 58.2. The molecule has 10 N–H and O–H groups in total. The molecule has 5 aliphatic rings. The summed E-state index contributed by atoms with van der Waals surface area (Å²) in [4.78, 5) is 40.1. The molecule has 24 nitrogen and oxygen atoms in total. The van der Waals surface area contributed by atoms with Crippen molar-refractivity contribution in [3.63, 3.8) is 0 Å². The summed E-state index contributed by atoms with van der Waals surface area (Å²) in [6, 6.07) is 20.0. The first-order valence-corrected chi connectivity index (χ1v) is 29.2. The number of anilines is 4. The number of carbonyl (C=O) groups excluding carboxylic acids is 1. The number of aromatic amines is 1. The molecule has 10 atom stereocenters. The van der Waals surface area contributed by atoms with Crippen LogP contribution in [0, 0.1) is 21.4 Å². The van der Waals surface area contributed by atoms with Crippen molar-refractivity contribution >= 4 is 72.6 Å². The third kappa shape index (κ3) is 12.7. The number of hydrogen-bond acceptors (Lipinski definition) is 21. The number of nitrogens with one attached hydrogen (secondary N) is 3. The second kappa shape index (κ2) is 24.7. The molecule has 0 saturated carbocycles. The summed E-state index contributed by atoms with van der Waals surface area (Å²) in [7, 11) is -4.81. The predicted molar refractivity (Wildman–Crippen MR) is 302 cm³/mol. The SMILES string of the molecule is CC1(C)CCC(CN2CCN(c3ccc(C(=O)NS(=O)(=O)c4ccc(NCC5OC(COCC6C(CO)OC(O)C(O)C6O)C(O)C(O)C5O)c([N+](=O)[O-])c4)c(N4CCCOc5nc6[nH]ccc6cc54)c3)CC2)=C(c2ccc(Cl)cc2)C1. The molecule has 10 unspecified atom stereocenters. The summed E-state index contributed by atoms with van der Waals surface area (Å²) in [5.74, 6) is -1.71. The monoisotopic (exact) mass is 1180 g/mol. The number of H-pyrrole nitrogens is 1. The van der Waals surface area contributed by atoms with Crippen LogP contribution in [0.5, 0.6) is 5.88 Å². The molecule has 6 heterocycles. The van der Waals surface area contributed by atoms with Crippen LogP contribution in [-0.4, -0.2) is 197 Å². The number of nitro benzene ring substituents is 1. The maximum absolute atomic E-state index is 14.6. The Hall–Kier alpha value is -6.04. The van der Waals surface area contributed by atoms with Gasteiger partial charge in [0.1, 0.15) is 53.6 Å². The normalized spacial score (nSPS) is 27.1. The van der Waals surface area contributed by atoms with Crippen molar-refractivity contribution in [1.29, 1.82) is 0 Å². The summed E-state index contributed by atoms with van der Waals surface area (Å²) >= 11 is 6.28. The van der Waals surface area contributed by atoms with Gasteiger partial charge in [0.05, 0.1) is 59.7 Å². The van der Waals surface area contributed by atoms with E-state index in [1.165, 1.54) is 16.7 Å². The molecule has 3 saturated heterocycles. The number of carbonyl (C=O) groups is 1. The summed E-state index contributed by atoms with van der Waals surface area (Å²) in [5, 5.41) is 89.2. The number of piperazine rings is 1. The summed E-state index contributed by atoms with van der Waals surface area (Å²) in [5.41, 5.74) is 5.59. The van der Waals surface area contributed by atoms with E-state index in [2.05, 4.69) is 50.8 Å². The quantitative estimate of drug-likeness (QED) is 0.0472. The van der Waals surface area contributed by atoms with Crippen molar-refractivity contribution in [2.45, 2.75) is 99.5 Å². The minimum absolute atomic E-state index is 0.00159. The Balaban J connectivity index is 0.854. The van der Waals surface area contributed by atoms with Gasteiger partial charge in [0, 0.05) is 80.1 Å². The first kappa shape index (κ1) is 59.1. The van der Waals surface area contributed by atoms with E-state index in [4.69, 9.17) is 35.5 Å². The number of nitro groups is 1. The van der Waals surface area contributed by atoms with Gasteiger partial charge in [0.2, 0.25) is 5.88 Å². The largest absolute Gasteiger partial charge is 0.476 e. The number of aromatic nitrogens is 2. The van der Waals surface area contributed by atoms with Gasteiger partial charge in [-0.2, -0.15) is 4.98 Å². The van der Waals surface area contributed by atoms with Crippen LogP contribution in [0.1, 0.15) is 55.5 Å². The molecule has 1 aliphatic carbocycles. The minimum atomic E-state index is -4.81. The van der Waals surface area contributed by atoms with E-state index >= 15 is 0 Å². The van der Waals surface area contributed by atoms with Crippen LogP contribution in [0.2, 0.25) is 5.02 Å². The average molecular weight is 1180 g/mol. The van der Waals surface area contributed by atoms with Gasteiger partial charge in [0.25, 0.3) is 21.6 Å². The molecule has 3 fully saturated rings. The molecule has 4 aliphatic heterocycles. The van der Waals surface area contributed by atoms with Gasteiger partial charge in [0.15, 0.2) is 6.29 Å². The van der Waals surface area contributed by atoms with Crippen molar-refractivity contribution in [2.24, 2.45) is 11.3 Å². The number of allylic oxidation sites excluding steroid dienone is 1. The molecule has 0 radical (unpaired) electrons. The number of sulfonamides is 1. The lowest BCUT2D eigenvalue weighted by Gasteiger charge is -2.42. The minimum Gasteiger partial charge on any atom is -0.476 e. The molecule has 442 valence electrons. The Labute approximate surface area is 478 Å². The molecule has 1 amide bonds. The maximum atomic E-state index is 14.6. The molecule has 2 aromatic heterocycles. The number of nitrogens with zero attached hydrogens (tertiary/aromatic N) is 5. The third-order valence-corrected chi connectivity index (χ3v) is 17.8. The summed E-state index contributed by atoms with van der Waals surface area (Å²) in [6.07, 6.45) is -8.61. The fourth-order valence-electron chi connectivity index (χ4n) is 11.5. The van der Waals surface area contributed by atoms with Crippen molar-refractivity contribution in [2.75, 3.05) is 87.4 Å². The van der Waals surface area contributed by atoms with Crippen molar-refractivity contribution in [3.05, 3.63) is 111 Å². The number of rotatable bonds is 17. The Morgan fingerprint density at radius 3 is 2.38 bits per heavy atom.